The lowest BCUT2D eigenvalue weighted by Crippen LogP contribution is -2.55. The second-order valence-electron chi connectivity index (χ2n) is 6.87. The average Bonchev–Trinajstić information content (AvgIpc) is 2.96. The van der Waals surface area contributed by atoms with Crippen LogP contribution in [0.5, 0.6) is 5.75 Å². The Morgan fingerprint density at radius 2 is 1.67 bits per heavy atom. The summed E-state index contributed by atoms with van der Waals surface area (Å²) in [7, 11) is 0. The quantitative estimate of drug-likeness (QED) is 0.836. The molecule has 21 heavy (non-hydrogen) atoms. The van der Waals surface area contributed by atoms with Crippen LogP contribution in [0.15, 0.2) is 18.2 Å². The van der Waals surface area contributed by atoms with Gasteiger partial charge in [0.25, 0.3) is 0 Å². The number of hydrogen-bond acceptors (Lipinski definition) is 2. The maximum absolute atomic E-state index is 13.8. The smallest absolute Gasteiger partial charge is 0.165 e. The van der Waals surface area contributed by atoms with Crippen LogP contribution in [-0.4, -0.2) is 29.6 Å². The van der Waals surface area contributed by atoms with E-state index in [1.807, 2.05) is 12.1 Å². The second-order valence-corrected chi connectivity index (χ2v) is 6.87. The molecule has 2 fully saturated rings. The molecule has 0 radical (unpaired) electrons. The lowest BCUT2D eigenvalue weighted by molar-refractivity contribution is 0.00920. The van der Waals surface area contributed by atoms with Gasteiger partial charge in [0.05, 0.1) is 0 Å². The fourth-order valence-electron chi connectivity index (χ4n) is 4.34. The van der Waals surface area contributed by atoms with E-state index in [4.69, 9.17) is 4.74 Å². The van der Waals surface area contributed by atoms with Gasteiger partial charge in [0.1, 0.15) is 6.61 Å². The zero-order valence-corrected chi connectivity index (χ0v) is 12.6. The van der Waals surface area contributed by atoms with E-state index < -0.39 is 0 Å². The van der Waals surface area contributed by atoms with Gasteiger partial charge in [-0.15, -0.1) is 0 Å². The van der Waals surface area contributed by atoms with E-state index in [-0.39, 0.29) is 5.82 Å². The van der Waals surface area contributed by atoms with Crippen LogP contribution in [0.1, 0.15) is 50.5 Å². The number of para-hydroxylation sites is 1. The zero-order chi connectivity index (χ0) is 14.2. The minimum absolute atomic E-state index is 0.206. The zero-order valence-electron chi connectivity index (χ0n) is 12.6. The lowest BCUT2D eigenvalue weighted by Gasteiger charge is -2.47. The van der Waals surface area contributed by atoms with E-state index in [9.17, 15) is 4.39 Å². The van der Waals surface area contributed by atoms with Gasteiger partial charge in [-0.3, -0.25) is 4.90 Å². The van der Waals surface area contributed by atoms with E-state index in [0.717, 1.165) is 24.1 Å². The Morgan fingerprint density at radius 1 is 0.952 bits per heavy atom. The molecular weight excluding hydrogens is 265 g/mol. The number of ether oxygens (including phenoxy) is 1. The van der Waals surface area contributed by atoms with Crippen LogP contribution in [0.4, 0.5) is 4.39 Å². The van der Waals surface area contributed by atoms with Gasteiger partial charge in [-0.1, -0.05) is 31.4 Å². The molecule has 0 bridgehead atoms. The first kappa shape index (κ1) is 13.6. The summed E-state index contributed by atoms with van der Waals surface area (Å²) in [6, 6.07) is 7.25. The molecule has 1 atom stereocenters. The van der Waals surface area contributed by atoms with Crippen molar-refractivity contribution in [1.82, 2.24) is 4.90 Å². The molecular formula is C18H24FNO. The average molecular weight is 289 g/mol. The third kappa shape index (κ3) is 2.46. The number of fused-ring (bicyclic) bond motifs is 1. The lowest BCUT2D eigenvalue weighted by atomic mass is 9.87. The normalized spacial score (nSPS) is 26.5. The standard InChI is InChI=1S/C18H24FNO/c19-17-10-3-5-13-11-16(12-21-18(13)17)20(15-8-4-9-15)14-6-1-2-7-14/h3,5,10,14-16H,1-2,4,6-9,11-12H2/t16-/m1/s1. The van der Waals surface area contributed by atoms with Crippen LogP contribution < -0.4 is 4.74 Å². The molecule has 1 aromatic rings. The van der Waals surface area contributed by atoms with Crippen molar-refractivity contribution in [2.75, 3.05) is 6.61 Å². The molecule has 0 aromatic heterocycles. The van der Waals surface area contributed by atoms with Gasteiger partial charge in [0, 0.05) is 18.1 Å². The fraction of sp³-hybridized carbons (Fsp3) is 0.667. The summed E-state index contributed by atoms with van der Waals surface area (Å²) >= 11 is 0. The summed E-state index contributed by atoms with van der Waals surface area (Å²) in [5, 5.41) is 0. The molecule has 2 saturated carbocycles. The molecule has 0 spiro atoms. The van der Waals surface area contributed by atoms with Crippen molar-refractivity contribution in [2.45, 2.75) is 69.5 Å². The topological polar surface area (TPSA) is 12.5 Å². The number of halogens is 1. The largest absolute Gasteiger partial charge is 0.489 e. The first-order valence-electron chi connectivity index (χ1n) is 8.50. The summed E-state index contributed by atoms with van der Waals surface area (Å²) in [4.78, 5) is 2.75. The first-order chi connectivity index (χ1) is 10.3. The highest BCUT2D eigenvalue weighted by atomic mass is 19.1. The van der Waals surface area contributed by atoms with Gasteiger partial charge < -0.3 is 4.74 Å². The number of nitrogens with zero attached hydrogens (tertiary/aromatic N) is 1. The van der Waals surface area contributed by atoms with Crippen molar-refractivity contribution in [1.29, 1.82) is 0 Å². The predicted octanol–water partition coefficient (Wildman–Crippen LogP) is 3.93. The van der Waals surface area contributed by atoms with Gasteiger partial charge in [0.2, 0.25) is 0 Å². The Morgan fingerprint density at radius 3 is 2.33 bits per heavy atom. The molecule has 0 N–H and O–H groups in total. The summed E-state index contributed by atoms with van der Waals surface area (Å²) in [5.74, 6) is 0.288. The highest BCUT2D eigenvalue weighted by Crippen LogP contribution is 2.37. The van der Waals surface area contributed by atoms with Crippen molar-refractivity contribution < 1.29 is 9.13 Å². The molecule has 1 aromatic carbocycles. The third-order valence-electron chi connectivity index (χ3n) is 5.59. The highest BCUT2D eigenvalue weighted by molar-refractivity contribution is 5.37. The molecule has 0 unspecified atom stereocenters. The molecule has 114 valence electrons. The Labute approximate surface area is 126 Å². The molecule has 2 nitrogen and oxygen atoms in total. The third-order valence-corrected chi connectivity index (χ3v) is 5.59. The Balaban J connectivity index is 1.56. The monoisotopic (exact) mass is 289 g/mol. The minimum Gasteiger partial charge on any atom is -0.489 e. The summed E-state index contributed by atoms with van der Waals surface area (Å²) in [6.45, 7) is 0.654. The number of hydrogen-bond donors (Lipinski definition) is 0. The van der Waals surface area contributed by atoms with E-state index in [2.05, 4.69) is 4.90 Å². The minimum atomic E-state index is -0.206. The summed E-state index contributed by atoms with van der Waals surface area (Å²) in [6.07, 6.45) is 10.4. The van der Waals surface area contributed by atoms with Crippen molar-refractivity contribution in [3.05, 3.63) is 29.6 Å². The van der Waals surface area contributed by atoms with Gasteiger partial charge in [-0.05, 0) is 43.7 Å². The van der Waals surface area contributed by atoms with Crippen molar-refractivity contribution in [3.63, 3.8) is 0 Å². The molecule has 4 rings (SSSR count). The molecule has 0 saturated heterocycles. The Hall–Kier alpha value is -1.09. The van der Waals surface area contributed by atoms with E-state index in [1.165, 1.54) is 51.0 Å². The Kier molecular flexibility index (Phi) is 3.62. The van der Waals surface area contributed by atoms with Crippen LogP contribution in [-0.2, 0) is 6.42 Å². The molecule has 1 aliphatic heterocycles. The number of rotatable bonds is 3. The van der Waals surface area contributed by atoms with E-state index in [0.29, 0.717) is 18.4 Å². The van der Waals surface area contributed by atoms with E-state index in [1.54, 1.807) is 0 Å². The predicted molar refractivity (Wildman–Crippen MR) is 81.1 cm³/mol. The van der Waals surface area contributed by atoms with Crippen LogP contribution in [0.3, 0.4) is 0 Å². The first-order valence-corrected chi connectivity index (χ1v) is 8.50. The van der Waals surface area contributed by atoms with Gasteiger partial charge in [-0.25, -0.2) is 4.39 Å². The molecule has 3 heteroatoms. The van der Waals surface area contributed by atoms with Gasteiger partial charge >= 0.3 is 0 Å². The summed E-state index contributed by atoms with van der Waals surface area (Å²) < 4.78 is 19.6. The van der Waals surface area contributed by atoms with E-state index >= 15 is 0 Å². The van der Waals surface area contributed by atoms with Crippen LogP contribution in [0.2, 0.25) is 0 Å². The van der Waals surface area contributed by atoms with Crippen molar-refractivity contribution in [3.8, 4) is 5.75 Å². The fourth-order valence-corrected chi connectivity index (χ4v) is 4.34. The van der Waals surface area contributed by atoms with Crippen molar-refractivity contribution >= 4 is 0 Å². The van der Waals surface area contributed by atoms with Gasteiger partial charge in [0.15, 0.2) is 11.6 Å². The van der Waals surface area contributed by atoms with Crippen LogP contribution >= 0.6 is 0 Å². The SMILES string of the molecule is Fc1cccc2c1OC[C@H](N(C1CCCC1)C1CCC1)C2. The molecule has 2 aliphatic carbocycles. The van der Waals surface area contributed by atoms with Crippen LogP contribution in [0, 0.1) is 5.82 Å². The molecule has 0 amide bonds. The second kappa shape index (κ2) is 5.60. The van der Waals surface area contributed by atoms with Crippen molar-refractivity contribution in [2.24, 2.45) is 0 Å². The van der Waals surface area contributed by atoms with Crippen LogP contribution in [0.25, 0.3) is 0 Å². The number of benzene rings is 1. The maximum atomic E-state index is 13.8. The molecule has 1 heterocycles. The van der Waals surface area contributed by atoms with Gasteiger partial charge in [-0.2, -0.15) is 0 Å². The maximum Gasteiger partial charge on any atom is 0.165 e. The molecule has 3 aliphatic rings. The highest BCUT2D eigenvalue weighted by Gasteiger charge is 2.38. The summed E-state index contributed by atoms with van der Waals surface area (Å²) in [5.41, 5.74) is 1.05. The Bertz CT molecular complexity index is 508.